The molecular weight excluding hydrogens is 430 g/mol. The minimum Gasteiger partial charge on any atom is -0.348 e. The van der Waals surface area contributed by atoms with E-state index in [0.717, 1.165) is 18.4 Å². The first-order valence-corrected chi connectivity index (χ1v) is 11.7. The van der Waals surface area contributed by atoms with Crippen molar-refractivity contribution >= 4 is 17.7 Å². The summed E-state index contributed by atoms with van der Waals surface area (Å²) >= 11 is 0. The molecule has 3 amide bonds. The number of aromatic nitrogens is 1. The number of hydrogen-bond donors (Lipinski definition) is 2. The highest BCUT2D eigenvalue weighted by Crippen LogP contribution is 2.36. The predicted octanol–water partition coefficient (Wildman–Crippen LogP) is 3.11. The molecular formula is C26H29N5O3. The first-order chi connectivity index (χ1) is 16.2. The Balaban J connectivity index is 1.38. The molecule has 8 heteroatoms. The van der Waals surface area contributed by atoms with Crippen molar-refractivity contribution in [3.63, 3.8) is 0 Å². The molecule has 2 aliphatic rings. The van der Waals surface area contributed by atoms with Crippen LogP contribution in [-0.2, 0) is 4.79 Å². The minimum absolute atomic E-state index is 0.0374. The number of nitrogens with one attached hydrogen (secondary N) is 2. The summed E-state index contributed by atoms with van der Waals surface area (Å²) in [4.78, 5) is 44.3. The van der Waals surface area contributed by atoms with Crippen molar-refractivity contribution in [2.24, 2.45) is 0 Å². The van der Waals surface area contributed by atoms with E-state index in [4.69, 9.17) is 5.26 Å². The van der Waals surface area contributed by atoms with Gasteiger partial charge in [-0.15, -0.1) is 0 Å². The lowest BCUT2D eigenvalue weighted by atomic mass is 10.0. The molecule has 8 nitrogen and oxygen atoms in total. The molecule has 1 aromatic carbocycles. The molecule has 3 atom stereocenters. The van der Waals surface area contributed by atoms with E-state index in [1.165, 1.54) is 18.5 Å². The van der Waals surface area contributed by atoms with E-state index in [9.17, 15) is 14.4 Å². The van der Waals surface area contributed by atoms with Gasteiger partial charge in [0, 0.05) is 30.0 Å². The van der Waals surface area contributed by atoms with Crippen LogP contribution in [0.5, 0.6) is 0 Å². The molecule has 2 aromatic rings. The molecule has 1 aliphatic heterocycles. The molecule has 4 rings (SSSR count). The lowest BCUT2D eigenvalue weighted by Crippen LogP contribution is -2.49. The Labute approximate surface area is 199 Å². The SMILES string of the molecule is CC1CCC(C)N1C(=O)c1ccc([C@@H](C)NC(=O)C2(NC(=O)c3cncc(C#N)c3)CC2)cc1. The van der Waals surface area contributed by atoms with Crippen LogP contribution in [0.4, 0.5) is 0 Å². The van der Waals surface area contributed by atoms with Gasteiger partial charge in [0.15, 0.2) is 0 Å². The highest BCUT2D eigenvalue weighted by Gasteiger charge is 2.51. The summed E-state index contributed by atoms with van der Waals surface area (Å²) in [6, 6.07) is 10.9. The van der Waals surface area contributed by atoms with Crippen molar-refractivity contribution in [2.75, 3.05) is 0 Å². The largest absolute Gasteiger partial charge is 0.348 e. The van der Waals surface area contributed by atoms with Crippen molar-refractivity contribution in [1.82, 2.24) is 20.5 Å². The molecule has 2 unspecified atom stereocenters. The van der Waals surface area contributed by atoms with Crippen molar-refractivity contribution in [3.05, 3.63) is 65.0 Å². The quantitative estimate of drug-likeness (QED) is 0.689. The third-order valence-electron chi connectivity index (χ3n) is 6.86. The van der Waals surface area contributed by atoms with Crippen LogP contribution in [0.25, 0.3) is 0 Å². The van der Waals surface area contributed by atoms with Crippen LogP contribution in [0.1, 0.15) is 84.3 Å². The van der Waals surface area contributed by atoms with E-state index < -0.39 is 11.4 Å². The third-order valence-corrected chi connectivity index (χ3v) is 6.86. The molecule has 0 spiro atoms. The minimum atomic E-state index is -0.952. The average Bonchev–Trinajstić information content (AvgIpc) is 3.55. The highest BCUT2D eigenvalue weighted by molar-refractivity contribution is 6.00. The van der Waals surface area contributed by atoms with Gasteiger partial charge in [0.1, 0.15) is 11.6 Å². The number of carbonyl (C=O) groups excluding carboxylic acids is 3. The monoisotopic (exact) mass is 459 g/mol. The zero-order chi connectivity index (χ0) is 24.5. The Bertz CT molecular complexity index is 1140. The molecule has 2 N–H and O–H groups in total. The summed E-state index contributed by atoms with van der Waals surface area (Å²) in [6.07, 6.45) is 5.88. The standard InChI is InChI=1S/C26H29N5O3/c1-16-4-5-17(2)31(16)24(33)21-8-6-20(7-9-21)18(3)29-25(34)26(10-11-26)30-23(32)22-12-19(13-27)14-28-15-22/h6-9,12,14-18H,4-5,10-11H2,1-3H3,(H,29,34)(H,30,32)/t16?,17?,18-/m1/s1. The van der Waals surface area contributed by atoms with Gasteiger partial charge < -0.3 is 15.5 Å². The summed E-state index contributed by atoms with van der Waals surface area (Å²) < 4.78 is 0. The average molecular weight is 460 g/mol. The zero-order valence-corrected chi connectivity index (χ0v) is 19.7. The van der Waals surface area contributed by atoms with Crippen molar-refractivity contribution in [3.8, 4) is 6.07 Å². The van der Waals surface area contributed by atoms with Gasteiger partial charge in [0.05, 0.1) is 17.2 Å². The summed E-state index contributed by atoms with van der Waals surface area (Å²) in [6.45, 7) is 6.03. The van der Waals surface area contributed by atoms with E-state index in [2.05, 4.69) is 29.5 Å². The Morgan fingerprint density at radius 2 is 1.74 bits per heavy atom. The van der Waals surface area contributed by atoms with Crippen molar-refractivity contribution < 1.29 is 14.4 Å². The lowest BCUT2D eigenvalue weighted by molar-refractivity contribution is -0.124. The van der Waals surface area contributed by atoms with Crippen LogP contribution < -0.4 is 10.6 Å². The molecule has 0 radical (unpaired) electrons. The molecule has 176 valence electrons. The molecule has 1 aliphatic carbocycles. The van der Waals surface area contributed by atoms with E-state index in [-0.39, 0.29) is 41.1 Å². The topological polar surface area (TPSA) is 115 Å². The number of likely N-dealkylation sites (tertiary alicyclic amines) is 1. The molecule has 1 aromatic heterocycles. The fourth-order valence-electron chi connectivity index (χ4n) is 4.53. The van der Waals surface area contributed by atoms with Gasteiger partial charge in [0.2, 0.25) is 5.91 Å². The molecule has 2 heterocycles. The second-order valence-corrected chi connectivity index (χ2v) is 9.42. The number of rotatable bonds is 6. The van der Waals surface area contributed by atoms with Crippen LogP contribution in [0.15, 0.2) is 42.7 Å². The molecule has 34 heavy (non-hydrogen) atoms. The van der Waals surface area contributed by atoms with Gasteiger partial charge in [-0.2, -0.15) is 5.26 Å². The molecule has 1 saturated carbocycles. The summed E-state index contributed by atoms with van der Waals surface area (Å²) in [5, 5.41) is 14.8. The van der Waals surface area contributed by atoms with Gasteiger partial charge in [-0.05, 0) is 70.2 Å². The second kappa shape index (κ2) is 9.26. The molecule has 1 saturated heterocycles. The van der Waals surface area contributed by atoms with Crippen LogP contribution >= 0.6 is 0 Å². The van der Waals surface area contributed by atoms with Crippen LogP contribution in [0.3, 0.4) is 0 Å². The molecule has 0 bridgehead atoms. The van der Waals surface area contributed by atoms with Gasteiger partial charge in [-0.25, -0.2) is 0 Å². The third kappa shape index (κ3) is 4.65. The van der Waals surface area contributed by atoms with Crippen molar-refractivity contribution in [1.29, 1.82) is 5.26 Å². The maximum atomic E-state index is 13.0. The highest BCUT2D eigenvalue weighted by atomic mass is 16.2. The Morgan fingerprint density at radius 1 is 1.09 bits per heavy atom. The lowest BCUT2D eigenvalue weighted by Gasteiger charge is -2.26. The molecule has 2 fully saturated rings. The predicted molar refractivity (Wildman–Crippen MR) is 126 cm³/mol. The maximum Gasteiger partial charge on any atom is 0.254 e. The first-order valence-electron chi connectivity index (χ1n) is 11.7. The van der Waals surface area contributed by atoms with Gasteiger partial charge in [-0.3, -0.25) is 19.4 Å². The fourth-order valence-corrected chi connectivity index (χ4v) is 4.53. The smallest absolute Gasteiger partial charge is 0.254 e. The van der Waals surface area contributed by atoms with Crippen LogP contribution in [0, 0.1) is 11.3 Å². The number of carbonyl (C=O) groups is 3. The number of nitrogens with zero attached hydrogens (tertiary/aromatic N) is 3. The van der Waals surface area contributed by atoms with Crippen LogP contribution in [-0.4, -0.2) is 45.2 Å². The van der Waals surface area contributed by atoms with Gasteiger partial charge in [0.25, 0.3) is 11.8 Å². The summed E-state index contributed by atoms with van der Waals surface area (Å²) in [5.41, 5.74) is 1.09. The van der Waals surface area contributed by atoms with E-state index >= 15 is 0 Å². The first kappa shape index (κ1) is 23.4. The van der Waals surface area contributed by atoms with Crippen LogP contribution in [0.2, 0.25) is 0 Å². The van der Waals surface area contributed by atoms with E-state index in [1.54, 1.807) is 0 Å². The zero-order valence-electron chi connectivity index (χ0n) is 19.7. The van der Waals surface area contributed by atoms with E-state index in [1.807, 2.05) is 42.2 Å². The number of hydrogen-bond acceptors (Lipinski definition) is 5. The number of amides is 3. The van der Waals surface area contributed by atoms with Crippen molar-refractivity contribution in [2.45, 2.75) is 70.1 Å². The number of pyridine rings is 1. The second-order valence-electron chi connectivity index (χ2n) is 9.42. The Hall–Kier alpha value is -3.73. The van der Waals surface area contributed by atoms with Gasteiger partial charge in [-0.1, -0.05) is 12.1 Å². The summed E-state index contributed by atoms with van der Waals surface area (Å²) in [5.74, 6) is -0.647. The summed E-state index contributed by atoms with van der Waals surface area (Å²) in [7, 11) is 0. The Kier molecular flexibility index (Phi) is 6.38. The van der Waals surface area contributed by atoms with E-state index in [0.29, 0.717) is 18.4 Å². The fraction of sp³-hybridized carbons (Fsp3) is 0.423. The number of nitriles is 1. The normalized spacial score (nSPS) is 21.3. The maximum absolute atomic E-state index is 13.0. The van der Waals surface area contributed by atoms with Gasteiger partial charge >= 0.3 is 0 Å². The number of benzene rings is 1. The Morgan fingerprint density at radius 3 is 2.32 bits per heavy atom.